The van der Waals surface area contributed by atoms with Gasteiger partial charge in [0.1, 0.15) is 0 Å². The van der Waals surface area contributed by atoms with Gasteiger partial charge in [-0.2, -0.15) is 0 Å². The van der Waals surface area contributed by atoms with E-state index in [9.17, 15) is 0 Å². The van der Waals surface area contributed by atoms with Crippen molar-refractivity contribution in [3.8, 4) is 0 Å². The zero-order valence-corrected chi connectivity index (χ0v) is 23.5. The Morgan fingerprint density at radius 1 is 0.219 bits per heavy atom. The first-order chi connectivity index (χ1) is 14.5. The van der Waals surface area contributed by atoms with E-state index in [4.69, 9.17) is 0 Å². The molecular formula is C24H72Ga2N6. The Bertz CT molecular complexity index is 124. The zero-order chi connectivity index (χ0) is 24.7. The molecule has 0 aliphatic heterocycles. The van der Waals surface area contributed by atoms with E-state index in [1.807, 2.05) is 0 Å². The summed E-state index contributed by atoms with van der Waals surface area (Å²) < 4.78 is 0. The number of nitrogens with one attached hydrogen (secondary N) is 6. The first kappa shape index (κ1) is 54.1. The molecule has 0 unspecified atom stereocenters. The van der Waals surface area contributed by atoms with E-state index < -0.39 is 0 Å². The third-order valence-corrected chi connectivity index (χ3v) is 3.00. The van der Waals surface area contributed by atoms with Crippen molar-refractivity contribution in [1.82, 2.24) is 31.9 Å². The Hall–Kier alpha value is 1.03. The number of rotatable bonds is 12. The SMILES string of the molecule is CCNCC.CCNCC.CCNCC.CCNCC.CCNCC.CCNCC.[GaH3].[GaH3]. The molecule has 0 spiro atoms. The molecule has 0 aliphatic rings. The van der Waals surface area contributed by atoms with Gasteiger partial charge in [-0.3, -0.25) is 0 Å². The molecule has 204 valence electrons. The van der Waals surface area contributed by atoms with Gasteiger partial charge in [0, 0.05) is 0 Å². The minimum absolute atomic E-state index is 0. The Kier molecular flexibility index (Phi) is 144. The molecule has 0 saturated carbocycles. The van der Waals surface area contributed by atoms with Crippen LogP contribution in [0, 0.1) is 0 Å². The van der Waals surface area contributed by atoms with Crippen molar-refractivity contribution in [2.24, 2.45) is 0 Å². The molecule has 0 amide bonds. The predicted molar refractivity (Wildman–Crippen MR) is 165 cm³/mol. The second-order valence-electron chi connectivity index (χ2n) is 5.74. The van der Waals surface area contributed by atoms with Gasteiger partial charge in [0.25, 0.3) is 0 Å². The second kappa shape index (κ2) is 85.2. The summed E-state index contributed by atoms with van der Waals surface area (Å²) in [5.41, 5.74) is 0. The van der Waals surface area contributed by atoms with Crippen LogP contribution < -0.4 is 31.9 Å². The van der Waals surface area contributed by atoms with Gasteiger partial charge in [-0.1, -0.05) is 83.1 Å². The Balaban J connectivity index is -0.0000000356. The molecule has 0 aliphatic carbocycles. The van der Waals surface area contributed by atoms with Gasteiger partial charge in [0.15, 0.2) is 0 Å². The molecule has 0 rings (SSSR count). The molecule has 0 heterocycles. The molecule has 0 aromatic carbocycles. The Labute approximate surface area is 232 Å². The van der Waals surface area contributed by atoms with Crippen molar-refractivity contribution in [3.63, 3.8) is 0 Å². The standard InChI is InChI=1S/6C4H11N.2Ga.6H/c6*1-3-5-4-2;;;;;;;;/h6*5H,3-4H2,1-2H3;;;;;;;;. The summed E-state index contributed by atoms with van der Waals surface area (Å²) in [6.45, 7) is 38.3. The van der Waals surface area contributed by atoms with Gasteiger partial charge < -0.3 is 31.9 Å². The normalized spacial score (nSPS) is 7.88. The third-order valence-electron chi connectivity index (χ3n) is 3.00. The monoisotopic (exact) mass is 582 g/mol. The molecule has 0 bridgehead atoms. The van der Waals surface area contributed by atoms with Crippen molar-refractivity contribution in [2.45, 2.75) is 83.1 Å². The zero-order valence-electron chi connectivity index (χ0n) is 23.5. The van der Waals surface area contributed by atoms with Crippen molar-refractivity contribution in [3.05, 3.63) is 0 Å². The molecule has 0 aromatic rings. The third kappa shape index (κ3) is 165. The molecule has 6 nitrogen and oxygen atoms in total. The van der Waals surface area contributed by atoms with Gasteiger partial charge >= 0.3 is 39.6 Å². The van der Waals surface area contributed by atoms with Crippen LogP contribution in [0.4, 0.5) is 0 Å². The van der Waals surface area contributed by atoms with Crippen LogP contribution in [0.3, 0.4) is 0 Å². The number of hydrogen-bond donors (Lipinski definition) is 6. The minimum atomic E-state index is 0. The van der Waals surface area contributed by atoms with Gasteiger partial charge in [-0.15, -0.1) is 0 Å². The van der Waals surface area contributed by atoms with Gasteiger partial charge in [-0.25, -0.2) is 0 Å². The van der Waals surface area contributed by atoms with Crippen LogP contribution in [-0.2, 0) is 0 Å². The molecule has 0 aromatic heterocycles. The fourth-order valence-electron chi connectivity index (χ4n) is 1.50. The van der Waals surface area contributed by atoms with Crippen LogP contribution >= 0.6 is 0 Å². The fraction of sp³-hybridized carbons (Fsp3) is 1.00. The van der Waals surface area contributed by atoms with Crippen LogP contribution in [-0.4, -0.2) is 118 Å². The van der Waals surface area contributed by atoms with Crippen LogP contribution in [0.15, 0.2) is 0 Å². The van der Waals surface area contributed by atoms with Crippen molar-refractivity contribution in [1.29, 1.82) is 0 Å². The van der Waals surface area contributed by atoms with Crippen LogP contribution in [0.5, 0.6) is 0 Å². The maximum absolute atomic E-state index is 3.11. The van der Waals surface area contributed by atoms with Crippen molar-refractivity contribution >= 4 is 39.6 Å². The van der Waals surface area contributed by atoms with Crippen molar-refractivity contribution < 1.29 is 0 Å². The number of hydrogen-bond acceptors (Lipinski definition) is 6. The molecule has 32 heavy (non-hydrogen) atoms. The topological polar surface area (TPSA) is 72.2 Å². The molecule has 0 fully saturated rings. The second-order valence-corrected chi connectivity index (χ2v) is 5.74. The molecule has 0 atom stereocenters. The first-order valence-corrected chi connectivity index (χ1v) is 12.7. The Morgan fingerprint density at radius 2 is 0.281 bits per heavy atom. The molecule has 8 heteroatoms. The van der Waals surface area contributed by atoms with Gasteiger partial charge in [0.05, 0.1) is 0 Å². The molecular weight excluding hydrogens is 512 g/mol. The summed E-state index contributed by atoms with van der Waals surface area (Å²) >= 11 is 0. The Morgan fingerprint density at radius 3 is 0.281 bits per heavy atom. The van der Waals surface area contributed by atoms with Crippen LogP contribution in [0.25, 0.3) is 0 Å². The van der Waals surface area contributed by atoms with Crippen molar-refractivity contribution in [2.75, 3.05) is 78.5 Å². The predicted octanol–water partition coefficient (Wildman–Crippen LogP) is 1.33. The van der Waals surface area contributed by atoms with E-state index in [0.717, 1.165) is 78.5 Å². The average molecular weight is 584 g/mol. The van der Waals surface area contributed by atoms with E-state index in [1.165, 1.54) is 0 Å². The first-order valence-electron chi connectivity index (χ1n) is 12.7. The van der Waals surface area contributed by atoms with E-state index in [1.54, 1.807) is 0 Å². The summed E-state index contributed by atoms with van der Waals surface area (Å²) in [7, 11) is 0. The average Bonchev–Trinajstić information content (AvgIpc) is 2.74. The van der Waals surface area contributed by atoms with Crippen LogP contribution in [0.1, 0.15) is 83.1 Å². The van der Waals surface area contributed by atoms with E-state index in [-0.39, 0.29) is 39.6 Å². The summed E-state index contributed by atoms with van der Waals surface area (Å²) in [5, 5.41) is 18.7. The quantitative estimate of drug-likeness (QED) is 0.195. The fourth-order valence-corrected chi connectivity index (χ4v) is 1.50. The summed E-state index contributed by atoms with van der Waals surface area (Å²) in [5.74, 6) is 0. The van der Waals surface area contributed by atoms with Gasteiger partial charge in [-0.05, 0) is 78.5 Å². The van der Waals surface area contributed by atoms with Crippen LogP contribution in [0.2, 0.25) is 0 Å². The summed E-state index contributed by atoms with van der Waals surface area (Å²) in [6, 6.07) is 0. The summed E-state index contributed by atoms with van der Waals surface area (Å²) in [6.07, 6.45) is 0. The molecule has 6 N–H and O–H groups in total. The van der Waals surface area contributed by atoms with E-state index >= 15 is 0 Å². The molecule has 0 radical (unpaired) electrons. The van der Waals surface area contributed by atoms with E-state index in [0.29, 0.717) is 0 Å². The van der Waals surface area contributed by atoms with E-state index in [2.05, 4.69) is 115 Å². The summed E-state index contributed by atoms with van der Waals surface area (Å²) in [4.78, 5) is 0. The molecule has 0 saturated heterocycles. The van der Waals surface area contributed by atoms with Gasteiger partial charge in [0.2, 0.25) is 0 Å². The maximum atomic E-state index is 3.11.